The van der Waals surface area contributed by atoms with Gasteiger partial charge in [0.05, 0.1) is 15.8 Å². The molecular weight excluding hydrogens is 284 g/mol. The molecule has 0 fully saturated rings. The average molecular weight is 292 g/mol. The molecule has 0 radical (unpaired) electrons. The van der Waals surface area contributed by atoms with E-state index in [9.17, 15) is 0 Å². The van der Waals surface area contributed by atoms with Crippen LogP contribution in [0.15, 0.2) is 21.1 Å². The summed E-state index contributed by atoms with van der Waals surface area (Å²) in [5, 5.41) is 6.65. The maximum atomic E-state index is 3.52. The van der Waals surface area contributed by atoms with E-state index in [0.29, 0.717) is 0 Å². The molecule has 0 saturated heterocycles. The Morgan fingerprint density at radius 1 is 1.08 bits per heavy atom. The Morgan fingerprint density at radius 3 is 2.67 bits per heavy atom. The van der Waals surface area contributed by atoms with Gasteiger partial charge in [-0.25, -0.2) is 0 Å². The van der Waals surface area contributed by atoms with Crippen LogP contribution in [0.3, 0.4) is 0 Å². The maximum absolute atomic E-state index is 3.52. The van der Waals surface area contributed by atoms with Gasteiger partial charge >= 0.3 is 0 Å². The zero-order chi connectivity index (χ0) is 8.55. The number of benzene rings is 1. The first-order valence-corrected chi connectivity index (χ1v) is 5.33. The maximum Gasteiger partial charge on any atom is 0.0732 e. The van der Waals surface area contributed by atoms with E-state index in [-0.39, 0.29) is 0 Å². The quantitative estimate of drug-likeness (QED) is 0.768. The fraction of sp³-hybridized carbons (Fsp3) is 0.250. The minimum Gasteiger partial charge on any atom is -0.382 e. The summed E-state index contributed by atoms with van der Waals surface area (Å²) in [4.78, 5) is 0. The molecule has 0 atom stereocenters. The summed E-state index contributed by atoms with van der Waals surface area (Å²) < 4.78 is 2.17. The summed E-state index contributed by atoms with van der Waals surface area (Å²) in [7, 11) is 0. The first-order chi connectivity index (χ1) is 5.79. The minimum absolute atomic E-state index is 0.974. The normalized spacial score (nSPS) is 14.5. The van der Waals surface area contributed by atoms with Crippen molar-refractivity contribution in [1.82, 2.24) is 0 Å². The van der Waals surface area contributed by atoms with Crippen LogP contribution in [-0.2, 0) is 0 Å². The molecule has 64 valence electrons. The summed E-state index contributed by atoms with van der Waals surface area (Å²) in [6.07, 6.45) is 0. The predicted molar refractivity (Wildman–Crippen MR) is 58.8 cm³/mol. The van der Waals surface area contributed by atoms with Crippen LogP contribution in [0, 0.1) is 0 Å². The van der Waals surface area contributed by atoms with Crippen LogP contribution in [0.5, 0.6) is 0 Å². The van der Waals surface area contributed by atoms with E-state index < -0.39 is 0 Å². The Labute approximate surface area is 88.0 Å². The van der Waals surface area contributed by atoms with Crippen LogP contribution in [-0.4, -0.2) is 13.1 Å². The Balaban J connectivity index is 2.54. The molecule has 0 saturated carbocycles. The molecule has 0 aliphatic carbocycles. The lowest BCUT2D eigenvalue weighted by molar-refractivity contribution is 1.04. The monoisotopic (exact) mass is 290 g/mol. The van der Waals surface area contributed by atoms with Gasteiger partial charge in [0.25, 0.3) is 0 Å². The van der Waals surface area contributed by atoms with E-state index in [1.54, 1.807) is 0 Å². The molecule has 12 heavy (non-hydrogen) atoms. The van der Waals surface area contributed by atoms with Crippen molar-refractivity contribution in [1.29, 1.82) is 0 Å². The molecule has 1 aliphatic heterocycles. The van der Waals surface area contributed by atoms with E-state index >= 15 is 0 Å². The predicted octanol–water partition coefficient (Wildman–Crippen LogP) is 3.05. The van der Waals surface area contributed by atoms with Gasteiger partial charge in [-0.3, -0.25) is 0 Å². The largest absolute Gasteiger partial charge is 0.382 e. The topological polar surface area (TPSA) is 24.1 Å². The molecule has 1 aromatic rings. The lowest BCUT2D eigenvalue weighted by atomic mass is 10.2. The van der Waals surface area contributed by atoms with Crippen molar-refractivity contribution in [3.63, 3.8) is 0 Å². The molecule has 0 amide bonds. The van der Waals surface area contributed by atoms with Crippen molar-refractivity contribution in [3.05, 3.63) is 21.1 Å². The van der Waals surface area contributed by atoms with Gasteiger partial charge in [0.15, 0.2) is 0 Å². The van der Waals surface area contributed by atoms with Gasteiger partial charge in [-0.15, -0.1) is 0 Å². The summed E-state index contributed by atoms with van der Waals surface area (Å²) in [5.74, 6) is 0. The highest BCUT2D eigenvalue weighted by Crippen LogP contribution is 2.37. The van der Waals surface area contributed by atoms with E-state index in [0.717, 1.165) is 33.4 Å². The Kier molecular flexibility index (Phi) is 2.28. The molecular formula is C8H8Br2N2. The molecule has 2 rings (SSSR count). The van der Waals surface area contributed by atoms with Crippen molar-refractivity contribution in [3.8, 4) is 0 Å². The molecule has 0 unspecified atom stereocenters. The smallest absolute Gasteiger partial charge is 0.0732 e. The number of nitrogens with one attached hydrogen (secondary N) is 2. The van der Waals surface area contributed by atoms with Gasteiger partial charge in [-0.05, 0) is 44.0 Å². The molecule has 0 spiro atoms. The third-order valence-corrected chi connectivity index (χ3v) is 3.85. The molecule has 2 nitrogen and oxygen atoms in total. The highest BCUT2D eigenvalue weighted by molar-refractivity contribution is 9.13. The van der Waals surface area contributed by atoms with Gasteiger partial charge in [-0.1, -0.05) is 0 Å². The number of rotatable bonds is 0. The minimum atomic E-state index is 0.974. The summed E-state index contributed by atoms with van der Waals surface area (Å²) >= 11 is 6.98. The number of anilines is 2. The van der Waals surface area contributed by atoms with Gasteiger partial charge in [0, 0.05) is 17.6 Å². The van der Waals surface area contributed by atoms with Crippen LogP contribution < -0.4 is 10.6 Å². The molecule has 1 aliphatic rings. The number of hydrogen-bond donors (Lipinski definition) is 2. The van der Waals surface area contributed by atoms with Crippen molar-refractivity contribution < 1.29 is 0 Å². The third-order valence-electron chi connectivity index (χ3n) is 1.84. The van der Waals surface area contributed by atoms with Crippen LogP contribution >= 0.6 is 31.9 Å². The number of fused-ring (bicyclic) bond motifs is 1. The van der Waals surface area contributed by atoms with Crippen molar-refractivity contribution in [2.24, 2.45) is 0 Å². The van der Waals surface area contributed by atoms with E-state index in [1.165, 1.54) is 0 Å². The van der Waals surface area contributed by atoms with Crippen LogP contribution in [0.1, 0.15) is 0 Å². The number of hydrogen-bond acceptors (Lipinski definition) is 2. The summed E-state index contributed by atoms with van der Waals surface area (Å²) in [6.45, 7) is 1.96. The van der Waals surface area contributed by atoms with E-state index in [2.05, 4.69) is 48.6 Å². The molecule has 0 aromatic heterocycles. The fourth-order valence-corrected chi connectivity index (χ4v) is 2.07. The van der Waals surface area contributed by atoms with Crippen molar-refractivity contribution in [2.75, 3.05) is 23.7 Å². The number of halogens is 2. The van der Waals surface area contributed by atoms with E-state index in [4.69, 9.17) is 0 Å². The van der Waals surface area contributed by atoms with Crippen LogP contribution in [0.4, 0.5) is 11.4 Å². The van der Waals surface area contributed by atoms with Crippen molar-refractivity contribution >= 4 is 43.2 Å². The highest BCUT2D eigenvalue weighted by Gasteiger charge is 2.12. The second-order valence-corrected chi connectivity index (χ2v) is 4.28. The third kappa shape index (κ3) is 1.33. The summed E-state index contributed by atoms with van der Waals surface area (Å²) in [6, 6.07) is 4.10. The van der Waals surface area contributed by atoms with Gasteiger partial charge in [-0.2, -0.15) is 0 Å². The second-order valence-electron chi connectivity index (χ2n) is 2.64. The van der Waals surface area contributed by atoms with Gasteiger partial charge in [0.2, 0.25) is 0 Å². The Hall–Kier alpha value is -0.220. The average Bonchev–Trinajstić information content (AvgIpc) is 2.12. The first-order valence-electron chi connectivity index (χ1n) is 3.75. The standard InChI is InChI=1S/C8H8Br2N2/c9-5-1-2-6-8(7(5)10)12-4-3-11-6/h1-2,11-12H,3-4H2. The molecule has 0 bridgehead atoms. The van der Waals surface area contributed by atoms with Gasteiger partial charge in [0.1, 0.15) is 0 Å². The second kappa shape index (κ2) is 3.26. The lowest BCUT2D eigenvalue weighted by Gasteiger charge is -2.21. The van der Waals surface area contributed by atoms with Crippen LogP contribution in [0.25, 0.3) is 0 Å². The summed E-state index contributed by atoms with van der Waals surface area (Å²) in [5.41, 5.74) is 2.31. The zero-order valence-electron chi connectivity index (χ0n) is 6.32. The molecule has 1 aromatic carbocycles. The van der Waals surface area contributed by atoms with E-state index in [1.807, 2.05) is 6.07 Å². The lowest BCUT2D eigenvalue weighted by Crippen LogP contribution is -2.20. The molecule has 2 N–H and O–H groups in total. The fourth-order valence-electron chi connectivity index (χ4n) is 1.26. The molecule has 1 heterocycles. The first kappa shape index (κ1) is 8.38. The zero-order valence-corrected chi connectivity index (χ0v) is 9.50. The Bertz CT molecular complexity index is 312. The Morgan fingerprint density at radius 2 is 1.83 bits per heavy atom. The highest BCUT2D eigenvalue weighted by atomic mass is 79.9. The SMILES string of the molecule is Brc1ccc2c(c1Br)NCCN2. The van der Waals surface area contributed by atoms with Crippen molar-refractivity contribution in [2.45, 2.75) is 0 Å². The molecule has 4 heteroatoms. The van der Waals surface area contributed by atoms with Gasteiger partial charge < -0.3 is 10.6 Å². The van der Waals surface area contributed by atoms with Crippen LogP contribution in [0.2, 0.25) is 0 Å².